The average Bonchev–Trinajstić information content (AvgIpc) is 3.03. The number of urea groups is 1. The molecule has 2 rings (SSSR count). The normalized spacial score (nSPS) is 29.3. The highest BCUT2D eigenvalue weighted by molar-refractivity contribution is 5.84. The molecule has 0 bridgehead atoms. The molecule has 1 saturated heterocycles. The van der Waals surface area contributed by atoms with Gasteiger partial charge in [0, 0.05) is 19.6 Å². The van der Waals surface area contributed by atoms with Crippen LogP contribution < -0.4 is 0 Å². The lowest BCUT2D eigenvalue weighted by molar-refractivity contribution is -0.142. The van der Waals surface area contributed by atoms with Crippen molar-refractivity contribution in [1.29, 1.82) is 0 Å². The Labute approximate surface area is 127 Å². The number of likely N-dealkylation sites (tertiary alicyclic amines) is 1. The van der Waals surface area contributed by atoms with E-state index in [1.807, 2.05) is 11.8 Å². The summed E-state index contributed by atoms with van der Waals surface area (Å²) in [6, 6.07) is -0.699. The van der Waals surface area contributed by atoms with Crippen molar-refractivity contribution in [2.24, 2.45) is 17.8 Å². The highest BCUT2D eigenvalue weighted by atomic mass is 16.4. The maximum atomic E-state index is 12.8. The number of fused-ring (bicyclic) bond motifs is 1. The molecule has 2 fully saturated rings. The SMILES string of the molecule is CCC(C)CN(CC)C(=O)N1CC2CCCC2C1C(=O)O. The first-order valence-electron chi connectivity index (χ1n) is 8.27. The zero-order valence-electron chi connectivity index (χ0n) is 13.4. The van der Waals surface area contributed by atoms with E-state index in [-0.39, 0.29) is 11.9 Å². The van der Waals surface area contributed by atoms with Gasteiger partial charge in [0.1, 0.15) is 6.04 Å². The third-order valence-electron chi connectivity index (χ3n) is 5.27. The van der Waals surface area contributed by atoms with Crippen molar-refractivity contribution in [3.63, 3.8) is 0 Å². The number of carboxylic acids is 1. The summed E-state index contributed by atoms with van der Waals surface area (Å²) in [6.07, 6.45) is 4.14. The molecule has 120 valence electrons. The molecule has 4 atom stereocenters. The van der Waals surface area contributed by atoms with Crippen LogP contribution in [-0.4, -0.2) is 52.6 Å². The number of aliphatic carboxylic acids is 1. The number of amides is 2. The van der Waals surface area contributed by atoms with Crippen LogP contribution in [0, 0.1) is 17.8 Å². The Balaban J connectivity index is 2.11. The molecular formula is C16H28N2O3. The lowest BCUT2D eigenvalue weighted by Crippen LogP contribution is -2.50. The average molecular weight is 296 g/mol. The van der Waals surface area contributed by atoms with Crippen LogP contribution >= 0.6 is 0 Å². The van der Waals surface area contributed by atoms with Gasteiger partial charge in [0.2, 0.25) is 0 Å². The van der Waals surface area contributed by atoms with Gasteiger partial charge in [-0.15, -0.1) is 0 Å². The van der Waals surface area contributed by atoms with Gasteiger partial charge in [-0.1, -0.05) is 26.7 Å². The van der Waals surface area contributed by atoms with Crippen LogP contribution in [0.15, 0.2) is 0 Å². The Morgan fingerprint density at radius 2 is 2.05 bits per heavy atom. The van der Waals surface area contributed by atoms with E-state index in [4.69, 9.17) is 0 Å². The highest BCUT2D eigenvalue weighted by Crippen LogP contribution is 2.42. The van der Waals surface area contributed by atoms with Gasteiger partial charge in [0.05, 0.1) is 0 Å². The molecule has 5 nitrogen and oxygen atoms in total. The Morgan fingerprint density at radius 3 is 2.62 bits per heavy atom. The van der Waals surface area contributed by atoms with Crippen LogP contribution in [0.2, 0.25) is 0 Å². The van der Waals surface area contributed by atoms with E-state index < -0.39 is 12.0 Å². The molecule has 4 unspecified atom stereocenters. The van der Waals surface area contributed by atoms with Gasteiger partial charge < -0.3 is 14.9 Å². The monoisotopic (exact) mass is 296 g/mol. The van der Waals surface area contributed by atoms with Crippen molar-refractivity contribution in [3.8, 4) is 0 Å². The number of rotatable bonds is 5. The third-order valence-corrected chi connectivity index (χ3v) is 5.27. The van der Waals surface area contributed by atoms with Crippen LogP contribution in [0.3, 0.4) is 0 Å². The summed E-state index contributed by atoms with van der Waals surface area (Å²) < 4.78 is 0. The minimum Gasteiger partial charge on any atom is -0.480 e. The number of carboxylic acid groups (broad SMARTS) is 1. The van der Waals surface area contributed by atoms with E-state index in [2.05, 4.69) is 13.8 Å². The van der Waals surface area contributed by atoms with E-state index in [0.717, 1.165) is 25.7 Å². The molecule has 2 aliphatic rings. The molecule has 1 aliphatic carbocycles. The first kappa shape index (κ1) is 16.1. The molecule has 2 amide bonds. The zero-order chi connectivity index (χ0) is 15.6. The second-order valence-corrected chi connectivity index (χ2v) is 6.62. The first-order chi connectivity index (χ1) is 9.99. The van der Waals surface area contributed by atoms with Crippen molar-refractivity contribution < 1.29 is 14.7 Å². The predicted octanol–water partition coefficient (Wildman–Crippen LogP) is 2.66. The van der Waals surface area contributed by atoms with Crippen LogP contribution in [0.4, 0.5) is 4.79 Å². The molecule has 0 aromatic heterocycles. The Kier molecular flexibility index (Phi) is 5.12. The van der Waals surface area contributed by atoms with E-state index in [1.165, 1.54) is 0 Å². The summed E-state index contributed by atoms with van der Waals surface area (Å²) in [6.45, 7) is 8.18. The minimum absolute atomic E-state index is 0.0837. The van der Waals surface area contributed by atoms with Crippen LogP contribution in [-0.2, 0) is 4.79 Å². The molecule has 0 aromatic carbocycles. The van der Waals surface area contributed by atoms with Crippen molar-refractivity contribution in [2.45, 2.75) is 52.5 Å². The second-order valence-electron chi connectivity index (χ2n) is 6.62. The molecule has 0 radical (unpaired) electrons. The zero-order valence-corrected chi connectivity index (χ0v) is 13.4. The molecule has 1 N–H and O–H groups in total. The van der Waals surface area contributed by atoms with Gasteiger partial charge in [0.25, 0.3) is 0 Å². The fourth-order valence-electron chi connectivity index (χ4n) is 3.85. The molecule has 1 heterocycles. The second kappa shape index (κ2) is 6.67. The summed E-state index contributed by atoms with van der Waals surface area (Å²) in [5, 5.41) is 9.55. The third kappa shape index (κ3) is 3.16. The molecule has 21 heavy (non-hydrogen) atoms. The lowest BCUT2D eigenvalue weighted by Gasteiger charge is -2.32. The number of carbonyl (C=O) groups is 2. The fourth-order valence-corrected chi connectivity index (χ4v) is 3.85. The number of hydrogen-bond acceptors (Lipinski definition) is 2. The molecule has 1 aliphatic heterocycles. The van der Waals surface area contributed by atoms with Crippen molar-refractivity contribution >= 4 is 12.0 Å². The van der Waals surface area contributed by atoms with Gasteiger partial charge in [0.15, 0.2) is 0 Å². The minimum atomic E-state index is -0.836. The largest absolute Gasteiger partial charge is 0.480 e. The molecule has 0 spiro atoms. The quantitative estimate of drug-likeness (QED) is 0.848. The topological polar surface area (TPSA) is 60.9 Å². The summed E-state index contributed by atoms with van der Waals surface area (Å²) in [5.74, 6) is 0.155. The summed E-state index contributed by atoms with van der Waals surface area (Å²) in [7, 11) is 0. The van der Waals surface area contributed by atoms with Crippen molar-refractivity contribution in [3.05, 3.63) is 0 Å². The standard InChI is InChI=1S/C16H28N2O3/c1-4-11(3)9-17(5-2)16(21)18-10-12-7-6-8-13(12)14(18)15(19)20/h11-14H,4-10H2,1-3H3,(H,19,20). The van der Waals surface area contributed by atoms with Gasteiger partial charge >= 0.3 is 12.0 Å². The number of carbonyl (C=O) groups excluding carboxylic acids is 1. The van der Waals surface area contributed by atoms with Crippen LogP contribution in [0.5, 0.6) is 0 Å². The van der Waals surface area contributed by atoms with Crippen LogP contribution in [0.25, 0.3) is 0 Å². The van der Waals surface area contributed by atoms with Crippen molar-refractivity contribution in [1.82, 2.24) is 9.80 Å². The Hall–Kier alpha value is -1.26. The van der Waals surface area contributed by atoms with Gasteiger partial charge in [-0.25, -0.2) is 9.59 Å². The Bertz CT molecular complexity index is 399. The van der Waals surface area contributed by atoms with E-state index in [9.17, 15) is 14.7 Å². The van der Waals surface area contributed by atoms with Gasteiger partial charge in [-0.2, -0.15) is 0 Å². The molecule has 1 saturated carbocycles. The molecular weight excluding hydrogens is 268 g/mol. The smallest absolute Gasteiger partial charge is 0.326 e. The van der Waals surface area contributed by atoms with Crippen LogP contribution in [0.1, 0.15) is 46.5 Å². The Morgan fingerprint density at radius 1 is 1.33 bits per heavy atom. The first-order valence-corrected chi connectivity index (χ1v) is 8.27. The number of hydrogen-bond donors (Lipinski definition) is 1. The highest BCUT2D eigenvalue weighted by Gasteiger charge is 2.50. The van der Waals surface area contributed by atoms with E-state index in [0.29, 0.717) is 31.5 Å². The number of nitrogens with zero attached hydrogens (tertiary/aromatic N) is 2. The lowest BCUT2D eigenvalue weighted by atomic mass is 9.94. The maximum absolute atomic E-state index is 12.8. The maximum Gasteiger partial charge on any atom is 0.326 e. The van der Waals surface area contributed by atoms with Crippen molar-refractivity contribution in [2.75, 3.05) is 19.6 Å². The summed E-state index contributed by atoms with van der Waals surface area (Å²) in [5.41, 5.74) is 0. The fraction of sp³-hybridized carbons (Fsp3) is 0.875. The molecule has 0 aromatic rings. The van der Waals surface area contributed by atoms with E-state index in [1.54, 1.807) is 4.90 Å². The van der Waals surface area contributed by atoms with Gasteiger partial charge in [-0.05, 0) is 37.5 Å². The van der Waals surface area contributed by atoms with E-state index >= 15 is 0 Å². The summed E-state index contributed by atoms with van der Waals surface area (Å²) in [4.78, 5) is 27.8. The predicted molar refractivity (Wildman–Crippen MR) is 81.1 cm³/mol. The summed E-state index contributed by atoms with van der Waals surface area (Å²) >= 11 is 0. The van der Waals surface area contributed by atoms with Gasteiger partial charge in [-0.3, -0.25) is 0 Å². The molecule has 5 heteroatoms.